The van der Waals surface area contributed by atoms with Gasteiger partial charge in [0.05, 0.1) is 18.4 Å². The van der Waals surface area contributed by atoms with Crippen molar-refractivity contribution in [2.45, 2.75) is 12.8 Å². The number of amides is 1. The van der Waals surface area contributed by atoms with E-state index in [1.165, 1.54) is 0 Å². The first-order chi connectivity index (χ1) is 10.2. The summed E-state index contributed by atoms with van der Waals surface area (Å²) in [5.74, 6) is 1.15. The summed E-state index contributed by atoms with van der Waals surface area (Å²) >= 11 is 0. The Morgan fingerprint density at radius 2 is 2.19 bits per heavy atom. The van der Waals surface area contributed by atoms with Crippen molar-refractivity contribution in [2.24, 2.45) is 11.0 Å². The van der Waals surface area contributed by atoms with Crippen LogP contribution in [0.4, 0.5) is 0 Å². The number of ether oxygens (including phenoxy) is 1. The molecule has 1 aromatic heterocycles. The monoisotopic (exact) mass is 281 g/mol. The number of hydrazone groups is 1. The number of methoxy groups -OCH3 is 1. The number of hydrogen-bond donors (Lipinski definition) is 2. The highest BCUT2D eigenvalue weighted by atomic mass is 16.5. The van der Waals surface area contributed by atoms with E-state index >= 15 is 0 Å². The second-order valence-corrected chi connectivity index (χ2v) is 5.45. The van der Waals surface area contributed by atoms with Gasteiger partial charge in [-0.3, -0.25) is 4.79 Å². The van der Waals surface area contributed by atoms with Crippen molar-refractivity contribution in [1.82, 2.24) is 10.4 Å². The van der Waals surface area contributed by atoms with Crippen LogP contribution in [-0.4, -0.2) is 23.7 Å². The van der Waals surface area contributed by atoms with Gasteiger partial charge in [0.1, 0.15) is 5.75 Å². The number of rotatable bonds is 3. The number of carbonyl (C=O) groups excluding carboxylic acids is 1. The maximum Gasteiger partial charge on any atom is 0.273 e. The van der Waals surface area contributed by atoms with E-state index in [-0.39, 0.29) is 5.91 Å². The molecular weight excluding hydrogens is 266 g/mol. The third-order valence-electron chi connectivity index (χ3n) is 3.91. The Kier molecular flexibility index (Phi) is 2.60. The predicted molar refractivity (Wildman–Crippen MR) is 81.1 cm³/mol. The van der Waals surface area contributed by atoms with E-state index < -0.39 is 0 Å². The summed E-state index contributed by atoms with van der Waals surface area (Å²) in [5, 5.41) is 5.21. The normalized spacial score (nSPS) is 20.0. The van der Waals surface area contributed by atoms with E-state index in [2.05, 4.69) is 15.5 Å². The van der Waals surface area contributed by atoms with Crippen LogP contribution < -0.4 is 10.2 Å². The van der Waals surface area contributed by atoms with Gasteiger partial charge < -0.3 is 9.72 Å². The summed E-state index contributed by atoms with van der Waals surface area (Å²) < 4.78 is 5.23. The lowest BCUT2D eigenvalue weighted by Crippen LogP contribution is -2.13. The molecule has 0 spiro atoms. The smallest absolute Gasteiger partial charge is 0.273 e. The van der Waals surface area contributed by atoms with Gasteiger partial charge in [0, 0.05) is 22.5 Å². The van der Waals surface area contributed by atoms with Crippen LogP contribution in [0, 0.1) is 5.92 Å². The Morgan fingerprint density at radius 1 is 1.33 bits per heavy atom. The molecule has 4 rings (SSSR count). The second-order valence-electron chi connectivity index (χ2n) is 5.45. The Morgan fingerprint density at radius 3 is 2.95 bits per heavy atom. The minimum atomic E-state index is -0.117. The largest absolute Gasteiger partial charge is 0.497 e. The zero-order chi connectivity index (χ0) is 14.4. The molecule has 2 heterocycles. The van der Waals surface area contributed by atoms with Crippen LogP contribution in [0.15, 0.2) is 34.9 Å². The molecule has 5 nitrogen and oxygen atoms in total. The second kappa shape index (κ2) is 4.48. The van der Waals surface area contributed by atoms with Crippen molar-refractivity contribution in [3.05, 3.63) is 35.5 Å². The molecule has 2 aromatic rings. The number of H-pyrrole nitrogens is 1. The predicted octanol–water partition coefficient (Wildman–Crippen LogP) is 2.46. The quantitative estimate of drug-likeness (QED) is 0.849. The zero-order valence-electron chi connectivity index (χ0n) is 11.6. The summed E-state index contributed by atoms with van der Waals surface area (Å²) in [5.41, 5.74) is 6.06. The number of nitrogens with zero attached hydrogens (tertiary/aromatic N) is 1. The van der Waals surface area contributed by atoms with Gasteiger partial charge in [0.25, 0.3) is 5.91 Å². The first kappa shape index (κ1) is 12.2. The van der Waals surface area contributed by atoms with Crippen molar-refractivity contribution in [2.75, 3.05) is 7.11 Å². The van der Waals surface area contributed by atoms with Crippen LogP contribution in [-0.2, 0) is 4.79 Å². The molecular formula is C16H15N3O2. The molecule has 21 heavy (non-hydrogen) atoms. The average molecular weight is 281 g/mol. The van der Waals surface area contributed by atoms with Crippen molar-refractivity contribution >= 4 is 28.6 Å². The van der Waals surface area contributed by atoms with Gasteiger partial charge in [-0.25, -0.2) is 5.43 Å². The number of aromatic nitrogens is 1. The highest BCUT2D eigenvalue weighted by molar-refractivity contribution is 6.28. The van der Waals surface area contributed by atoms with Crippen LogP contribution in [0.2, 0.25) is 0 Å². The summed E-state index contributed by atoms with van der Waals surface area (Å²) in [6.45, 7) is 0. The summed E-state index contributed by atoms with van der Waals surface area (Å²) in [6, 6.07) is 7.87. The van der Waals surface area contributed by atoms with E-state index in [4.69, 9.17) is 4.74 Å². The number of carbonyl (C=O) groups is 1. The van der Waals surface area contributed by atoms with Crippen LogP contribution in [0.3, 0.4) is 0 Å². The minimum Gasteiger partial charge on any atom is -0.497 e. The van der Waals surface area contributed by atoms with Crippen molar-refractivity contribution in [3.63, 3.8) is 0 Å². The maximum atomic E-state index is 11.9. The van der Waals surface area contributed by atoms with Gasteiger partial charge in [-0.1, -0.05) is 0 Å². The fraction of sp³-hybridized carbons (Fsp3) is 0.250. The minimum absolute atomic E-state index is 0.117. The lowest BCUT2D eigenvalue weighted by molar-refractivity contribution is -0.116. The molecule has 0 unspecified atom stereocenters. The summed E-state index contributed by atoms with van der Waals surface area (Å²) in [4.78, 5) is 15.2. The number of hydrogen-bond acceptors (Lipinski definition) is 3. The molecule has 1 amide bonds. The Balaban J connectivity index is 1.74. The molecule has 0 bridgehead atoms. The number of fused-ring (bicyclic) bond motifs is 1. The summed E-state index contributed by atoms with van der Waals surface area (Å²) in [7, 11) is 1.65. The topological polar surface area (TPSA) is 66.5 Å². The van der Waals surface area contributed by atoms with E-state index in [1.54, 1.807) is 7.11 Å². The lowest BCUT2D eigenvalue weighted by atomic mass is 10.1. The highest BCUT2D eigenvalue weighted by Crippen LogP contribution is 2.35. The van der Waals surface area contributed by atoms with Gasteiger partial charge in [0.15, 0.2) is 0 Å². The first-order valence-electron chi connectivity index (χ1n) is 7.01. The van der Waals surface area contributed by atoms with E-state index in [0.29, 0.717) is 11.5 Å². The van der Waals surface area contributed by atoms with Crippen molar-refractivity contribution in [1.29, 1.82) is 0 Å². The molecule has 0 saturated heterocycles. The third-order valence-corrected chi connectivity index (χ3v) is 3.91. The maximum absolute atomic E-state index is 11.9. The SMILES string of the molecule is COc1ccc2[nH]c(C=C3C(=O)NN=C3C3CC3)cc2c1. The molecule has 1 fully saturated rings. The molecule has 2 aliphatic rings. The molecule has 5 heteroatoms. The Hall–Kier alpha value is -2.56. The van der Waals surface area contributed by atoms with Gasteiger partial charge in [-0.05, 0) is 43.2 Å². The molecule has 2 N–H and O–H groups in total. The van der Waals surface area contributed by atoms with E-state index in [0.717, 1.165) is 40.9 Å². The fourth-order valence-electron chi connectivity index (χ4n) is 2.65. The van der Waals surface area contributed by atoms with E-state index in [1.807, 2.05) is 30.3 Å². The van der Waals surface area contributed by atoms with Gasteiger partial charge in [-0.2, -0.15) is 5.10 Å². The Bertz CT molecular complexity index is 797. The Labute approximate surface area is 121 Å². The van der Waals surface area contributed by atoms with Gasteiger partial charge in [0.2, 0.25) is 0 Å². The fourth-order valence-corrected chi connectivity index (χ4v) is 2.65. The van der Waals surface area contributed by atoms with Crippen LogP contribution in [0.25, 0.3) is 17.0 Å². The lowest BCUT2D eigenvalue weighted by Gasteiger charge is -1.97. The molecule has 0 atom stereocenters. The highest BCUT2D eigenvalue weighted by Gasteiger charge is 2.35. The summed E-state index contributed by atoms with van der Waals surface area (Å²) in [6.07, 6.45) is 4.12. The van der Waals surface area contributed by atoms with Crippen LogP contribution in [0.5, 0.6) is 5.75 Å². The van der Waals surface area contributed by atoms with Crippen molar-refractivity contribution < 1.29 is 9.53 Å². The van der Waals surface area contributed by atoms with Gasteiger partial charge >= 0.3 is 0 Å². The zero-order valence-corrected chi connectivity index (χ0v) is 11.6. The van der Waals surface area contributed by atoms with Crippen molar-refractivity contribution in [3.8, 4) is 5.75 Å². The number of nitrogens with one attached hydrogen (secondary N) is 2. The first-order valence-corrected chi connectivity index (χ1v) is 7.01. The van der Waals surface area contributed by atoms with Gasteiger partial charge in [-0.15, -0.1) is 0 Å². The molecule has 106 valence electrons. The van der Waals surface area contributed by atoms with Crippen LogP contribution >= 0.6 is 0 Å². The molecule has 1 saturated carbocycles. The number of benzene rings is 1. The average Bonchev–Trinajstić information content (AvgIpc) is 3.16. The molecule has 1 aromatic carbocycles. The number of aromatic amines is 1. The molecule has 0 radical (unpaired) electrons. The van der Waals surface area contributed by atoms with E-state index in [9.17, 15) is 4.79 Å². The molecule has 1 aliphatic heterocycles. The standard InChI is InChI=1S/C16H15N3O2/c1-21-12-4-5-14-10(7-12)6-11(17-14)8-13-15(9-2-3-9)18-19-16(13)20/h4-9,17H,2-3H2,1H3,(H,19,20). The van der Waals surface area contributed by atoms with Crippen LogP contribution in [0.1, 0.15) is 18.5 Å². The molecule has 1 aliphatic carbocycles. The third kappa shape index (κ3) is 2.11.